The Kier molecular flexibility index (Phi) is 6.36. The van der Waals surface area contributed by atoms with Crippen molar-refractivity contribution in [3.05, 3.63) is 28.2 Å². The van der Waals surface area contributed by atoms with E-state index in [1.165, 1.54) is 0 Å². The summed E-state index contributed by atoms with van der Waals surface area (Å²) >= 11 is 3.40. The number of carbonyl (C=O) groups is 1. The lowest BCUT2D eigenvalue weighted by Crippen LogP contribution is -2.24. The monoisotopic (exact) mass is 314 g/mol. The number of Topliss-reactive ketones (excluding diaryl/α,β-unsaturated/α-hetero) is 1. The maximum absolute atomic E-state index is 12.1. The topological polar surface area (TPSA) is 35.5 Å². The van der Waals surface area contributed by atoms with Gasteiger partial charge in [-0.1, -0.05) is 29.3 Å². The molecule has 1 aromatic rings. The summed E-state index contributed by atoms with van der Waals surface area (Å²) in [4.78, 5) is 12.1. The van der Waals surface area contributed by atoms with E-state index in [2.05, 4.69) is 15.9 Å². The first-order chi connectivity index (χ1) is 8.62. The first-order valence-corrected chi connectivity index (χ1v) is 6.79. The minimum Gasteiger partial charge on any atom is -0.496 e. The van der Waals surface area contributed by atoms with E-state index in [1.54, 1.807) is 14.2 Å². The molecule has 1 atom stereocenters. The van der Waals surface area contributed by atoms with E-state index in [0.29, 0.717) is 6.42 Å². The van der Waals surface area contributed by atoms with Gasteiger partial charge in [-0.05, 0) is 24.6 Å². The molecule has 0 N–H and O–H groups in total. The Labute approximate surface area is 117 Å². The van der Waals surface area contributed by atoms with Crippen LogP contribution < -0.4 is 4.74 Å². The summed E-state index contributed by atoms with van der Waals surface area (Å²) < 4.78 is 11.4. The molecule has 0 aromatic heterocycles. The van der Waals surface area contributed by atoms with Crippen molar-refractivity contribution in [2.45, 2.75) is 32.3 Å². The lowest BCUT2D eigenvalue weighted by Gasteiger charge is -2.14. The number of carbonyl (C=O) groups excluding carboxylic acids is 1. The van der Waals surface area contributed by atoms with Crippen LogP contribution in [0.5, 0.6) is 5.75 Å². The number of halogens is 1. The predicted octanol–water partition coefficient (Wildman–Crippen LogP) is 3.38. The van der Waals surface area contributed by atoms with Gasteiger partial charge < -0.3 is 9.47 Å². The van der Waals surface area contributed by atoms with Crippen LogP contribution in [0.3, 0.4) is 0 Å². The normalized spacial score (nSPS) is 12.2. The summed E-state index contributed by atoms with van der Waals surface area (Å²) in [5.74, 6) is 0.827. The molecule has 1 aromatic carbocycles. The van der Waals surface area contributed by atoms with Crippen LogP contribution in [0.1, 0.15) is 25.3 Å². The molecule has 0 aliphatic rings. The highest BCUT2D eigenvalue weighted by atomic mass is 79.9. The van der Waals surface area contributed by atoms with Crippen molar-refractivity contribution in [2.75, 3.05) is 14.2 Å². The molecule has 0 fully saturated rings. The van der Waals surface area contributed by atoms with Crippen molar-refractivity contribution in [1.29, 1.82) is 0 Å². The number of methoxy groups -OCH3 is 2. The number of ketones is 1. The molecule has 0 saturated carbocycles. The fraction of sp³-hybridized carbons (Fsp3) is 0.500. The molecule has 0 radical (unpaired) electrons. The van der Waals surface area contributed by atoms with E-state index < -0.39 is 0 Å². The van der Waals surface area contributed by atoms with Gasteiger partial charge >= 0.3 is 0 Å². The molecule has 0 amide bonds. The van der Waals surface area contributed by atoms with Gasteiger partial charge in [-0.3, -0.25) is 4.79 Å². The van der Waals surface area contributed by atoms with E-state index in [9.17, 15) is 4.79 Å². The quantitative estimate of drug-likeness (QED) is 0.774. The van der Waals surface area contributed by atoms with Crippen LogP contribution in [0.25, 0.3) is 0 Å². The van der Waals surface area contributed by atoms with Crippen LogP contribution in [0, 0.1) is 0 Å². The van der Waals surface area contributed by atoms with E-state index >= 15 is 0 Å². The highest BCUT2D eigenvalue weighted by Crippen LogP contribution is 2.24. The van der Waals surface area contributed by atoms with Gasteiger partial charge in [0.15, 0.2) is 5.78 Å². The number of benzene rings is 1. The molecular weight excluding hydrogens is 296 g/mol. The fourth-order valence-electron chi connectivity index (χ4n) is 1.86. The van der Waals surface area contributed by atoms with Crippen LogP contribution in [0.15, 0.2) is 22.7 Å². The molecule has 18 heavy (non-hydrogen) atoms. The highest BCUT2D eigenvalue weighted by Gasteiger charge is 2.18. The Morgan fingerprint density at radius 2 is 2.11 bits per heavy atom. The molecule has 0 aliphatic carbocycles. The Balaban J connectivity index is 2.82. The highest BCUT2D eigenvalue weighted by molar-refractivity contribution is 9.10. The summed E-state index contributed by atoms with van der Waals surface area (Å²) in [5.41, 5.74) is 0.884. The predicted molar refractivity (Wildman–Crippen MR) is 75.1 cm³/mol. The van der Waals surface area contributed by atoms with Gasteiger partial charge in [0.2, 0.25) is 0 Å². The second kappa shape index (κ2) is 7.54. The maximum Gasteiger partial charge on any atom is 0.166 e. The van der Waals surface area contributed by atoms with Crippen molar-refractivity contribution < 1.29 is 14.3 Å². The third-order valence-corrected chi connectivity index (χ3v) is 3.29. The lowest BCUT2D eigenvalue weighted by molar-refractivity contribution is -0.128. The average molecular weight is 315 g/mol. The van der Waals surface area contributed by atoms with Gasteiger partial charge in [0, 0.05) is 23.6 Å². The molecule has 0 heterocycles. The van der Waals surface area contributed by atoms with Crippen LogP contribution in [0.4, 0.5) is 0 Å². The largest absolute Gasteiger partial charge is 0.496 e. The molecule has 0 bridgehead atoms. The molecule has 0 spiro atoms. The molecule has 0 saturated heterocycles. The zero-order valence-electron chi connectivity index (χ0n) is 11.0. The van der Waals surface area contributed by atoms with Gasteiger partial charge in [-0.25, -0.2) is 0 Å². The zero-order valence-corrected chi connectivity index (χ0v) is 12.6. The van der Waals surface area contributed by atoms with Crippen LogP contribution in [-0.2, 0) is 16.0 Å². The minimum atomic E-state index is -0.321. The van der Waals surface area contributed by atoms with Crippen molar-refractivity contribution in [1.82, 2.24) is 0 Å². The van der Waals surface area contributed by atoms with Crippen molar-refractivity contribution in [3.63, 3.8) is 0 Å². The van der Waals surface area contributed by atoms with Gasteiger partial charge in [0.25, 0.3) is 0 Å². The second-order valence-electron chi connectivity index (χ2n) is 4.11. The van der Waals surface area contributed by atoms with E-state index in [4.69, 9.17) is 9.47 Å². The summed E-state index contributed by atoms with van der Waals surface area (Å²) in [5, 5.41) is 0. The Morgan fingerprint density at radius 1 is 1.39 bits per heavy atom. The zero-order chi connectivity index (χ0) is 13.5. The lowest BCUT2D eigenvalue weighted by atomic mass is 10.0. The number of hydrogen-bond acceptors (Lipinski definition) is 3. The molecule has 3 nitrogen and oxygen atoms in total. The van der Waals surface area contributed by atoms with Crippen molar-refractivity contribution >= 4 is 21.7 Å². The van der Waals surface area contributed by atoms with E-state index in [1.807, 2.05) is 25.1 Å². The summed E-state index contributed by atoms with van der Waals surface area (Å²) in [7, 11) is 3.19. The molecule has 1 rings (SSSR count). The Morgan fingerprint density at radius 3 is 2.67 bits per heavy atom. The van der Waals surface area contributed by atoms with Gasteiger partial charge in [0.1, 0.15) is 11.9 Å². The SMILES string of the molecule is CCCC(OC)C(=O)Cc1cc(Br)ccc1OC. The average Bonchev–Trinajstić information content (AvgIpc) is 2.36. The number of rotatable bonds is 7. The summed E-state index contributed by atoms with van der Waals surface area (Å²) in [6.45, 7) is 2.04. The molecule has 1 unspecified atom stereocenters. The van der Waals surface area contributed by atoms with Gasteiger partial charge in [-0.2, -0.15) is 0 Å². The van der Waals surface area contributed by atoms with Gasteiger partial charge in [0.05, 0.1) is 7.11 Å². The minimum absolute atomic E-state index is 0.0933. The second-order valence-corrected chi connectivity index (χ2v) is 5.03. The Bertz CT molecular complexity index is 404. The van der Waals surface area contributed by atoms with Gasteiger partial charge in [-0.15, -0.1) is 0 Å². The van der Waals surface area contributed by atoms with Crippen LogP contribution >= 0.6 is 15.9 Å². The standard InChI is InChI=1S/C14H19BrO3/c1-4-5-14(18-3)12(16)9-10-8-11(15)6-7-13(10)17-2/h6-8,14H,4-5,9H2,1-3H3. The van der Waals surface area contributed by atoms with Crippen LogP contribution in [-0.4, -0.2) is 26.1 Å². The molecule has 0 aliphatic heterocycles. The Hall–Kier alpha value is -0.870. The maximum atomic E-state index is 12.1. The molecule has 100 valence electrons. The first-order valence-electron chi connectivity index (χ1n) is 6.00. The molecule has 4 heteroatoms. The van der Waals surface area contributed by atoms with Crippen LogP contribution in [0.2, 0.25) is 0 Å². The third kappa shape index (κ3) is 4.10. The number of ether oxygens (including phenoxy) is 2. The smallest absolute Gasteiger partial charge is 0.166 e. The fourth-order valence-corrected chi connectivity index (χ4v) is 2.27. The summed E-state index contributed by atoms with van der Waals surface area (Å²) in [6, 6.07) is 5.66. The van der Waals surface area contributed by atoms with E-state index in [0.717, 1.165) is 28.6 Å². The summed E-state index contributed by atoms with van der Waals surface area (Å²) in [6.07, 6.45) is 1.70. The van der Waals surface area contributed by atoms with Crippen molar-refractivity contribution in [2.24, 2.45) is 0 Å². The van der Waals surface area contributed by atoms with E-state index in [-0.39, 0.29) is 11.9 Å². The first kappa shape index (κ1) is 15.2. The third-order valence-electron chi connectivity index (χ3n) is 2.80. The van der Waals surface area contributed by atoms with Crippen molar-refractivity contribution in [3.8, 4) is 5.75 Å². The number of hydrogen-bond donors (Lipinski definition) is 0. The molecular formula is C14H19BrO3.